The van der Waals surface area contributed by atoms with E-state index in [1.54, 1.807) is 28.4 Å². The summed E-state index contributed by atoms with van der Waals surface area (Å²) in [5.74, 6) is -3.72. The van der Waals surface area contributed by atoms with Crippen LogP contribution >= 0.6 is 34.7 Å². The van der Waals surface area contributed by atoms with Crippen LogP contribution in [0, 0.1) is 0 Å². The van der Waals surface area contributed by atoms with Crippen molar-refractivity contribution in [3.05, 3.63) is 39.6 Å². The van der Waals surface area contributed by atoms with Crippen LogP contribution in [-0.2, 0) is 37.6 Å². The van der Waals surface area contributed by atoms with Crippen LogP contribution in [0.2, 0.25) is 4.34 Å². The molecule has 2 aliphatic rings. The molecule has 5 rings (SSSR count). The lowest BCUT2D eigenvalue weighted by molar-refractivity contribution is -0.664. The maximum atomic E-state index is 13.3. The molecule has 0 spiro atoms. The quantitative estimate of drug-likeness (QED) is 0.0887. The molecule has 5 heterocycles. The number of carboxylic acids is 2. The van der Waals surface area contributed by atoms with E-state index in [2.05, 4.69) is 20.4 Å². The molecule has 2 amide bonds. The number of aliphatic carboxylic acids is 2. The van der Waals surface area contributed by atoms with E-state index in [-0.39, 0.29) is 33.2 Å². The van der Waals surface area contributed by atoms with Crippen LogP contribution in [0.3, 0.4) is 0 Å². The Balaban J connectivity index is 1.40. The van der Waals surface area contributed by atoms with Gasteiger partial charge in [-0.1, -0.05) is 28.1 Å². The molecule has 3 aromatic rings. The second-order valence-electron chi connectivity index (χ2n) is 9.19. The number of nitrogens with one attached hydrogen (secondary N) is 1. The third-order valence-electron chi connectivity index (χ3n) is 6.54. The topological polar surface area (TPSA) is 232 Å². The average Bonchev–Trinajstić information content (AvgIpc) is 3.43. The third kappa shape index (κ3) is 5.07. The molecule has 19 heteroatoms. The summed E-state index contributed by atoms with van der Waals surface area (Å²) in [7, 11) is 1.76. The molecule has 0 bridgehead atoms. The summed E-state index contributed by atoms with van der Waals surface area (Å²) >= 11 is 8.26. The van der Waals surface area contributed by atoms with E-state index in [0.717, 1.165) is 21.8 Å². The molecule has 3 aromatic heterocycles. The normalized spacial score (nSPS) is 19.4. The number of amides is 2. The van der Waals surface area contributed by atoms with E-state index in [4.69, 9.17) is 33.0 Å². The minimum absolute atomic E-state index is 0.00972. The van der Waals surface area contributed by atoms with Crippen LogP contribution in [0.25, 0.3) is 11.2 Å². The highest BCUT2D eigenvalue weighted by molar-refractivity contribution is 8.00. The summed E-state index contributed by atoms with van der Waals surface area (Å²) in [5.41, 5.74) is 12.5. The fraction of sp³-hybridized carbons (Fsp3) is 0.304. The van der Waals surface area contributed by atoms with Crippen molar-refractivity contribution in [3.63, 3.8) is 0 Å². The van der Waals surface area contributed by atoms with Crippen LogP contribution < -0.4 is 21.4 Å². The number of aromatic nitrogens is 4. The van der Waals surface area contributed by atoms with Gasteiger partial charge in [0.15, 0.2) is 10.8 Å². The van der Waals surface area contributed by atoms with Gasteiger partial charge in [0.1, 0.15) is 39.2 Å². The molecule has 0 aliphatic carbocycles. The number of halogens is 1. The molecule has 16 nitrogen and oxygen atoms in total. The summed E-state index contributed by atoms with van der Waals surface area (Å²) < 4.78 is 3.44. The molecule has 220 valence electrons. The van der Waals surface area contributed by atoms with Crippen molar-refractivity contribution in [2.24, 2.45) is 12.2 Å². The van der Waals surface area contributed by atoms with Crippen LogP contribution in [0.4, 0.5) is 11.1 Å². The summed E-state index contributed by atoms with van der Waals surface area (Å²) in [6, 6.07) is 2.49. The summed E-state index contributed by atoms with van der Waals surface area (Å²) in [5, 5.41) is 24.6. The van der Waals surface area contributed by atoms with Crippen molar-refractivity contribution in [1.29, 1.82) is 0 Å². The number of rotatable bonds is 9. The van der Waals surface area contributed by atoms with Crippen LogP contribution in [-0.4, -0.2) is 82.4 Å². The van der Waals surface area contributed by atoms with Crippen LogP contribution in [0.15, 0.2) is 34.8 Å². The van der Waals surface area contributed by atoms with Crippen LogP contribution in [0.1, 0.15) is 12.6 Å². The second-order valence-corrected chi connectivity index (χ2v) is 11.9. The maximum Gasteiger partial charge on any atom is 0.352 e. The van der Waals surface area contributed by atoms with Gasteiger partial charge in [-0.25, -0.2) is 19.1 Å². The average molecular weight is 637 g/mol. The SMILES string of the molecule is C[C@H](O/N=C(\C(=O)NC1C(=O)N2C(C(=O)O)=C(C[n+]3cccc4c3nc(N)n4C)CS[C@H]12)c1nc(N)sc1Cl)C(=O)O. The molecule has 2 aliphatic heterocycles. The van der Waals surface area contributed by atoms with Gasteiger partial charge in [-0.3, -0.25) is 19.1 Å². The zero-order chi connectivity index (χ0) is 30.5. The Labute approximate surface area is 249 Å². The van der Waals surface area contributed by atoms with Crippen molar-refractivity contribution in [1.82, 2.24) is 24.8 Å². The van der Waals surface area contributed by atoms with Crippen molar-refractivity contribution >= 4 is 86.4 Å². The van der Waals surface area contributed by atoms with Gasteiger partial charge in [-0.05, 0) is 24.0 Å². The first-order valence-corrected chi connectivity index (χ1v) is 14.3. The number of carbonyl (C=O) groups excluding carboxylic acids is 2. The number of thioether (sulfide) groups is 1. The first-order valence-electron chi connectivity index (χ1n) is 12.1. The number of pyridine rings is 1. The van der Waals surface area contributed by atoms with Gasteiger partial charge in [0.2, 0.25) is 6.10 Å². The predicted octanol–water partition coefficient (Wildman–Crippen LogP) is -0.232. The molecule has 1 saturated heterocycles. The molecular formula is C23H23ClN9O7S2+. The number of fused-ring (bicyclic) bond motifs is 2. The van der Waals surface area contributed by atoms with Crippen LogP contribution in [0.5, 0.6) is 0 Å². The lowest BCUT2D eigenvalue weighted by Gasteiger charge is -2.49. The van der Waals surface area contributed by atoms with Gasteiger partial charge in [0, 0.05) is 18.4 Å². The first kappa shape index (κ1) is 29.1. The number of nitrogen functional groups attached to an aromatic ring is 2. The van der Waals surface area contributed by atoms with Gasteiger partial charge in [-0.15, -0.1) is 11.8 Å². The molecular weight excluding hydrogens is 614 g/mol. The number of nitrogens with zero attached hydrogens (tertiary/aromatic N) is 6. The van der Waals surface area contributed by atoms with Crippen molar-refractivity contribution in [2.45, 2.75) is 31.0 Å². The Kier molecular flexibility index (Phi) is 7.69. The predicted molar refractivity (Wildman–Crippen MR) is 151 cm³/mol. The number of carbonyl (C=O) groups is 4. The Morgan fingerprint density at radius 2 is 2.07 bits per heavy atom. The number of hydrogen-bond acceptors (Lipinski definition) is 12. The van der Waals surface area contributed by atoms with Gasteiger partial charge in [0.25, 0.3) is 11.8 Å². The number of oxime groups is 1. The van der Waals surface area contributed by atoms with Gasteiger partial charge in [0.05, 0.1) is 6.20 Å². The molecule has 1 fully saturated rings. The lowest BCUT2D eigenvalue weighted by Crippen LogP contribution is -2.71. The zero-order valence-corrected chi connectivity index (χ0v) is 24.2. The summed E-state index contributed by atoms with van der Waals surface area (Å²) in [6.45, 7) is 1.33. The number of β-lactam (4-membered cyclic amide) rings is 1. The number of carboxylic acid groups (broad SMARTS) is 2. The molecule has 0 aromatic carbocycles. The van der Waals surface area contributed by atoms with Crippen molar-refractivity contribution in [3.8, 4) is 0 Å². The standard InChI is InChI=1S/C23H22ClN9O7S2/c1-8(20(36)37)40-30-12(11-15(24)42-23(26)28-11)17(34)27-13-18(35)33-14(21(38)39)9(7-41-19(13)33)6-32-5-3-4-10-16(32)29-22(25)31(10)2/h3-5,8,13,19,25H,6-7H2,1-2H3,(H5,26,27,28,34,36,37,38,39)/p+1/b30-12-/t8-,13?,19+/m0/s1. The minimum atomic E-state index is -1.41. The smallest absolute Gasteiger partial charge is 0.352 e. The Morgan fingerprint density at radius 3 is 2.71 bits per heavy atom. The third-order valence-corrected chi connectivity index (χ3v) is 8.96. The number of hydrogen-bond donors (Lipinski definition) is 5. The van der Waals surface area contributed by atoms with E-state index in [1.165, 1.54) is 18.7 Å². The molecule has 1 unspecified atom stereocenters. The van der Waals surface area contributed by atoms with Gasteiger partial charge < -0.3 is 31.8 Å². The Morgan fingerprint density at radius 1 is 1.33 bits per heavy atom. The monoisotopic (exact) mass is 636 g/mol. The summed E-state index contributed by atoms with van der Waals surface area (Å²) in [6.07, 6.45) is 0.328. The fourth-order valence-electron chi connectivity index (χ4n) is 4.40. The zero-order valence-electron chi connectivity index (χ0n) is 21.8. The van der Waals surface area contributed by atoms with Crippen molar-refractivity contribution < 1.29 is 38.8 Å². The first-order chi connectivity index (χ1) is 19.9. The van der Waals surface area contributed by atoms with E-state index in [1.807, 2.05) is 6.07 Å². The fourth-order valence-corrected chi connectivity index (χ4v) is 6.66. The maximum absolute atomic E-state index is 13.3. The largest absolute Gasteiger partial charge is 0.478 e. The highest BCUT2D eigenvalue weighted by Crippen LogP contribution is 2.40. The Bertz CT molecular complexity index is 1720. The minimum Gasteiger partial charge on any atom is -0.478 e. The van der Waals surface area contributed by atoms with Crippen molar-refractivity contribution in [2.75, 3.05) is 17.2 Å². The second kappa shape index (κ2) is 11.1. The van der Waals surface area contributed by atoms with Gasteiger partial charge >= 0.3 is 23.5 Å². The number of aryl methyl sites for hydroxylation is 1. The highest BCUT2D eigenvalue weighted by atomic mass is 35.5. The van der Waals surface area contributed by atoms with E-state index in [0.29, 0.717) is 17.2 Å². The molecule has 0 saturated carbocycles. The molecule has 42 heavy (non-hydrogen) atoms. The molecule has 3 atom stereocenters. The number of nitrogens with two attached hydrogens (primary N) is 2. The summed E-state index contributed by atoms with van der Waals surface area (Å²) in [4.78, 5) is 64.4. The Hall–Kier alpha value is -4.42. The highest BCUT2D eigenvalue weighted by Gasteiger charge is 2.54. The number of anilines is 2. The van der Waals surface area contributed by atoms with E-state index in [9.17, 15) is 24.3 Å². The van der Waals surface area contributed by atoms with Gasteiger partial charge in [-0.2, -0.15) is 0 Å². The van der Waals surface area contributed by atoms with E-state index >= 15 is 0 Å². The number of thiazole rings is 1. The number of imidazole rings is 1. The van der Waals surface area contributed by atoms with E-state index < -0.39 is 47.0 Å². The molecule has 0 radical (unpaired) electrons. The molecule has 7 N–H and O–H groups in total. The lowest BCUT2D eigenvalue weighted by atomic mass is 10.0.